The van der Waals surface area contributed by atoms with Gasteiger partial charge in [0.15, 0.2) is 11.6 Å². The lowest BCUT2D eigenvalue weighted by atomic mass is 10.1. The lowest BCUT2D eigenvalue weighted by molar-refractivity contribution is -0.173. The van der Waals surface area contributed by atoms with Gasteiger partial charge in [0.05, 0.1) is 18.5 Å². The number of hydrogen-bond donors (Lipinski definition) is 0. The molecule has 0 heterocycles. The normalized spacial score (nSPS) is 13.4. The average molecular weight is 331 g/mol. The minimum Gasteiger partial charge on any atom is -0.494 e. The molecule has 102 valence electrons. The first kappa shape index (κ1) is 15.2. The molecule has 0 aromatic heterocycles. The highest BCUT2D eigenvalue weighted by Crippen LogP contribution is 2.28. The van der Waals surface area contributed by atoms with Gasteiger partial charge in [-0.1, -0.05) is 22.0 Å². The van der Waals surface area contributed by atoms with Gasteiger partial charge in [-0.05, 0) is 17.7 Å². The van der Waals surface area contributed by atoms with Crippen molar-refractivity contribution < 1.29 is 27.0 Å². The zero-order chi connectivity index (χ0) is 13.8. The van der Waals surface area contributed by atoms with E-state index in [1.165, 1.54) is 19.2 Å². The van der Waals surface area contributed by atoms with E-state index < -0.39 is 23.4 Å². The van der Waals surface area contributed by atoms with E-state index >= 15 is 0 Å². The quantitative estimate of drug-likeness (QED) is 0.603. The molecule has 0 fully saturated rings. The molecule has 0 radical (unpaired) electrons. The smallest absolute Gasteiger partial charge is 0.411 e. The molecule has 1 unspecified atom stereocenters. The Morgan fingerprint density at radius 1 is 1.33 bits per heavy atom. The Labute approximate surface area is 110 Å². The summed E-state index contributed by atoms with van der Waals surface area (Å²) in [5, 5.41) is 0. The minimum absolute atomic E-state index is 0.0784. The minimum atomic E-state index is -4.36. The molecule has 0 amide bonds. The van der Waals surface area contributed by atoms with Gasteiger partial charge in [0.25, 0.3) is 0 Å². The third kappa shape index (κ3) is 4.81. The molecule has 18 heavy (non-hydrogen) atoms. The van der Waals surface area contributed by atoms with Gasteiger partial charge < -0.3 is 9.47 Å². The second-order valence-corrected chi connectivity index (χ2v) is 4.60. The molecular formula is C11H11BrF4O2. The summed E-state index contributed by atoms with van der Waals surface area (Å²) < 4.78 is 58.1. The molecule has 1 aromatic carbocycles. The predicted octanol–water partition coefficient (Wildman–Crippen LogP) is 3.85. The first-order valence-electron chi connectivity index (χ1n) is 4.95. The molecule has 1 aromatic rings. The largest absolute Gasteiger partial charge is 0.494 e. The first-order valence-corrected chi connectivity index (χ1v) is 5.87. The Morgan fingerprint density at radius 2 is 2.00 bits per heavy atom. The van der Waals surface area contributed by atoms with Crippen molar-refractivity contribution in [3.05, 3.63) is 29.6 Å². The summed E-state index contributed by atoms with van der Waals surface area (Å²) >= 11 is 3.13. The van der Waals surface area contributed by atoms with Crippen LogP contribution in [-0.4, -0.2) is 26.5 Å². The summed E-state index contributed by atoms with van der Waals surface area (Å²) in [6.45, 7) is -1.53. The molecule has 2 nitrogen and oxygen atoms in total. The maximum absolute atomic E-state index is 13.4. The van der Waals surface area contributed by atoms with Gasteiger partial charge in [-0.25, -0.2) is 4.39 Å². The number of alkyl halides is 4. The molecule has 0 saturated heterocycles. The standard InChI is InChI=1S/C11H11BrF4O2/c1-17-10-3-2-7(4-9(10)13)8(12)5-18-6-11(14,15)16/h2-4,8H,5-6H2,1H3. The van der Waals surface area contributed by atoms with Gasteiger partial charge in [-0.2, -0.15) is 13.2 Å². The van der Waals surface area contributed by atoms with Crippen molar-refractivity contribution in [2.45, 2.75) is 11.0 Å². The second kappa shape index (κ2) is 6.38. The third-order valence-corrected chi connectivity index (χ3v) is 2.86. The van der Waals surface area contributed by atoms with Gasteiger partial charge >= 0.3 is 6.18 Å². The van der Waals surface area contributed by atoms with Crippen molar-refractivity contribution in [2.24, 2.45) is 0 Å². The van der Waals surface area contributed by atoms with Crippen LogP contribution < -0.4 is 4.74 Å². The average Bonchev–Trinajstić information content (AvgIpc) is 2.27. The van der Waals surface area contributed by atoms with Crippen molar-refractivity contribution in [1.82, 2.24) is 0 Å². The number of halogens is 5. The Balaban J connectivity index is 2.56. The number of rotatable bonds is 5. The highest BCUT2D eigenvalue weighted by Gasteiger charge is 2.27. The van der Waals surface area contributed by atoms with Crippen LogP contribution in [0.5, 0.6) is 5.75 Å². The van der Waals surface area contributed by atoms with Crippen LogP contribution in [0.2, 0.25) is 0 Å². The van der Waals surface area contributed by atoms with E-state index in [4.69, 9.17) is 4.74 Å². The number of methoxy groups -OCH3 is 1. The SMILES string of the molecule is COc1ccc(C(Br)COCC(F)(F)F)cc1F. The predicted molar refractivity (Wildman–Crippen MR) is 61.5 cm³/mol. The molecular weight excluding hydrogens is 320 g/mol. The van der Waals surface area contributed by atoms with E-state index in [2.05, 4.69) is 20.7 Å². The Kier molecular flexibility index (Phi) is 5.40. The van der Waals surface area contributed by atoms with E-state index in [-0.39, 0.29) is 12.4 Å². The lowest BCUT2D eigenvalue weighted by Crippen LogP contribution is -2.18. The van der Waals surface area contributed by atoms with E-state index in [9.17, 15) is 17.6 Å². The van der Waals surface area contributed by atoms with Crippen molar-refractivity contribution in [2.75, 3.05) is 20.3 Å². The highest BCUT2D eigenvalue weighted by atomic mass is 79.9. The van der Waals surface area contributed by atoms with Gasteiger partial charge in [-0.3, -0.25) is 0 Å². The maximum atomic E-state index is 13.4. The molecule has 0 bridgehead atoms. The zero-order valence-corrected chi connectivity index (χ0v) is 11.0. The summed E-state index contributed by atoms with van der Waals surface area (Å²) in [6.07, 6.45) is -4.36. The molecule has 0 N–H and O–H groups in total. The van der Waals surface area contributed by atoms with Gasteiger partial charge in [0.1, 0.15) is 6.61 Å². The van der Waals surface area contributed by atoms with E-state index in [1.54, 1.807) is 6.07 Å². The monoisotopic (exact) mass is 330 g/mol. The highest BCUT2D eigenvalue weighted by molar-refractivity contribution is 9.09. The topological polar surface area (TPSA) is 18.5 Å². The van der Waals surface area contributed by atoms with E-state index in [0.717, 1.165) is 0 Å². The van der Waals surface area contributed by atoms with Crippen LogP contribution in [0.4, 0.5) is 17.6 Å². The second-order valence-electron chi connectivity index (χ2n) is 3.49. The molecule has 1 rings (SSSR count). The Bertz CT molecular complexity index is 395. The van der Waals surface area contributed by atoms with Crippen LogP contribution in [-0.2, 0) is 4.74 Å². The van der Waals surface area contributed by atoms with Crippen LogP contribution >= 0.6 is 15.9 Å². The fourth-order valence-electron chi connectivity index (χ4n) is 1.25. The molecule has 0 aliphatic rings. The first-order chi connectivity index (χ1) is 8.33. The maximum Gasteiger partial charge on any atom is 0.411 e. The van der Waals surface area contributed by atoms with Gasteiger partial charge in [0, 0.05) is 0 Å². The van der Waals surface area contributed by atoms with Crippen LogP contribution in [0.15, 0.2) is 18.2 Å². The number of hydrogen-bond acceptors (Lipinski definition) is 2. The Hall–Kier alpha value is -0.820. The molecule has 1 atom stereocenters. The van der Waals surface area contributed by atoms with Crippen molar-refractivity contribution in [3.8, 4) is 5.75 Å². The summed E-state index contributed by atoms with van der Waals surface area (Å²) in [7, 11) is 1.33. The third-order valence-electron chi connectivity index (χ3n) is 2.07. The molecule has 0 aliphatic carbocycles. The fourth-order valence-corrected chi connectivity index (χ4v) is 1.72. The van der Waals surface area contributed by atoms with Crippen molar-refractivity contribution in [1.29, 1.82) is 0 Å². The summed E-state index contributed by atoms with van der Waals surface area (Å²) in [4.78, 5) is -0.514. The fraction of sp³-hybridized carbons (Fsp3) is 0.455. The summed E-state index contributed by atoms with van der Waals surface area (Å²) in [5.41, 5.74) is 0.482. The summed E-state index contributed by atoms with van der Waals surface area (Å²) in [5.74, 6) is -0.495. The molecule has 7 heteroatoms. The number of ether oxygens (including phenoxy) is 2. The molecule has 0 saturated carbocycles. The Morgan fingerprint density at radius 3 is 2.50 bits per heavy atom. The molecule has 0 spiro atoms. The van der Waals surface area contributed by atoms with Crippen LogP contribution in [0.3, 0.4) is 0 Å². The zero-order valence-electron chi connectivity index (χ0n) is 9.43. The molecule has 0 aliphatic heterocycles. The van der Waals surface area contributed by atoms with E-state index in [1.807, 2.05) is 0 Å². The lowest BCUT2D eigenvalue weighted by Gasteiger charge is -2.13. The number of benzene rings is 1. The van der Waals surface area contributed by atoms with Crippen LogP contribution in [0, 0.1) is 5.82 Å². The van der Waals surface area contributed by atoms with Crippen LogP contribution in [0.25, 0.3) is 0 Å². The van der Waals surface area contributed by atoms with Crippen molar-refractivity contribution in [3.63, 3.8) is 0 Å². The van der Waals surface area contributed by atoms with Gasteiger partial charge in [0.2, 0.25) is 0 Å². The van der Waals surface area contributed by atoms with Crippen LogP contribution in [0.1, 0.15) is 10.4 Å². The van der Waals surface area contributed by atoms with Gasteiger partial charge in [-0.15, -0.1) is 0 Å². The summed E-state index contributed by atoms with van der Waals surface area (Å²) in [6, 6.07) is 4.15. The van der Waals surface area contributed by atoms with Crippen molar-refractivity contribution >= 4 is 15.9 Å². The van der Waals surface area contributed by atoms with E-state index in [0.29, 0.717) is 5.56 Å².